The molecule has 1 saturated carbocycles. The van der Waals surface area contributed by atoms with E-state index in [1.807, 2.05) is 26.0 Å². The minimum Gasteiger partial charge on any atom is -0.474 e. The van der Waals surface area contributed by atoms with E-state index in [1.165, 1.54) is 5.57 Å². The Hall–Kier alpha value is -2.51. The van der Waals surface area contributed by atoms with Gasteiger partial charge in [-0.25, -0.2) is 0 Å². The van der Waals surface area contributed by atoms with Gasteiger partial charge in [-0.2, -0.15) is 0 Å². The fourth-order valence-corrected chi connectivity index (χ4v) is 3.25. The lowest BCUT2D eigenvalue weighted by atomic mass is 10.1. The van der Waals surface area contributed by atoms with Crippen LogP contribution in [0.5, 0.6) is 0 Å². The van der Waals surface area contributed by atoms with Gasteiger partial charge in [0.15, 0.2) is 5.88 Å². The summed E-state index contributed by atoms with van der Waals surface area (Å²) >= 11 is 0. The smallest absolute Gasteiger partial charge is 0.237 e. The quantitative estimate of drug-likeness (QED) is 0.371. The second kappa shape index (κ2) is 13.3. The molecule has 0 aliphatic heterocycles. The molecule has 0 aromatic heterocycles. The number of carbonyl (C=O) groups excluding carboxylic acids is 1. The molecule has 0 bridgehead atoms. The van der Waals surface area contributed by atoms with Gasteiger partial charge in [-0.3, -0.25) is 4.79 Å². The molecule has 1 aromatic carbocycles. The zero-order valence-electron chi connectivity index (χ0n) is 21.3. The molecular weight excluding hydrogens is 414 g/mol. The second-order valence-electron chi connectivity index (χ2n) is 9.37. The molecule has 184 valence electrons. The third-order valence-electron chi connectivity index (χ3n) is 5.59. The number of ether oxygens (including phenoxy) is 1. The largest absolute Gasteiger partial charge is 0.474 e. The first-order chi connectivity index (χ1) is 15.7. The summed E-state index contributed by atoms with van der Waals surface area (Å²) in [6, 6.07) is 7.75. The van der Waals surface area contributed by atoms with Crippen molar-refractivity contribution in [2.24, 2.45) is 11.7 Å². The van der Waals surface area contributed by atoms with E-state index in [-0.39, 0.29) is 11.8 Å². The van der Waals surface area contributed by atoms with E-state index in [0.29, 0.717) is 13.2 Å². The van der Waals surface area contributed by atoms with Crippen LogP contribution in [0.2, 0.25) is 0 Å². The average Bonchev–Trinajstić information content (AvgIpc) is 3.61. The maximum Gasteiger partial charge on any atom is 0.237 e. The summed E-state index contributed by atoms with van der Waals surface area (Å²) in [6.07, 6.45) is 5.22. The first-order valence-electron chi connectivity index (χ1n) is 12.0. The van der Waals surface area contributed by atoms with Gasteiger partial charge in [0.05, 0.1) is 12.6 Å². The minimum atomic E-state index is -0.496. The molecule has 7 nitrogen and oxygen atoms in total. The normalized spacial score (nSPS) is 14.3. The van der Waals surface area contributed by atoms with Crippen molar-refractivity contribution in [2.45, 2.75) is 52.7 Å². The number of hydrogen-bond donors (Lipinski definition) is 3. The molecule has 0 heterocycles. The van der Waals surface area contributed by atoms with Crippen molar-refractivity contribution in [1.29, 1.82) is 0 Å². The number of rotatable bonds is 14. The first-order valence-corrected chi connectivity index (χ1v) is 12.0. The minimum absolute atomic E-state index is 0.107. The number of anilines is 1. The van der Waals surface area contributed by atoms with Crippen molar-refractivity contribution in [3.8, 4) is 0 Å². The van der Waals surface area contributed by atoms with Crippen molar-refractivity contribution in [3.05, 3.63) is 53.1 Å². The van der Waals surface area contributed by atoms with E-state index in [9.17, 15) is 4.79 Å². The monoisotopic (exact) mass is 457 g/mol. The number of likely N-dealkylation sites (N-methyl/N-ethyl adjacent to an activating group) is 2. The Bertz CT molecular complexity index is 808. The topological polar surface area (TPSA) is 82.9 Å². The molecular formula is C26H43N5O2. The summed E-state index contributed by atoms with van der Waals surface area (Å²) in [5.74, 6) is 1.01. The maximum absolute atomic E-state index is 12.2. The van der Waals surface area contributed by atoms with Crippen LogP contribution < -0.4 is 16.4 Å². The summed E-state index contributed by atoms with van der Waals surface area (Å²) in [5.41, 5.74) is 10.4. The Morgan fingerprint density at radius 3 is 2.36 bits per heavy atom. The molecule has 0 radical (unpaired) electrons. The Morgan fingerprint density at radius 2 is 1.82 bits per heavy atom. The van der Waals surface area contributed by atoms with E-state index < -0.39 is 6.04 Å². The van der Waals surface area contributed by atoms with Crippen LogP contribution >= 0.6 is 0 Å². The van der Waals surface area contributed by atoms with Crippen LogP contribution in [0, 0.1) is 5.92 Å². The molecule has 1 aliphatic carbocycles. The zero-order chi connectivity index (χ0) is 24.4. The third-order valence-corrected chi connectivity index (χ3v) is 5.59. The Kier molecular flexibility index (Phi) is 10.7. The molecule has 2 rings (SSSR count). The number of amides is 1. The summed E-state index contributed by atoms with van der Waals surface area (Å²) in [4.78, 5) is 16.6. The molecule has 1 aliphatic rings. The van der Waals surface area contributed by atoms with Crippen molar-refractivity contribution >= 4 is 11.6 Å². The predicted octanol–water partition coefficient (Wildman–Crippen LogP) is 3.51. The number of nitrogens with one attached hydrogen (secondary N) is 2. The second-order valence-corrected chi connectivity index (χ2v) is 9.37. The van der Waals surface area contributed by atoms with Crippen LogP contribution in [-0.2, 0) is 16.1 Å². The zero-order valence-corrected chi connectivity index (χ0v) is 21.3. The molecule has 1 fully saturated rings. The van der Waals surface area contributed by atoms with Gasteiger partial charge in [-0.15, -0.1) is 0 Å². The average molecular weight is 458 g/mol. The highest BCUT2D eigenvalue weighted by molar-refractivity contribution is 5.82. The van der Waals surface area contributed by atoms with Gasteiger partial charge in [0.25, 0.3) is 0 Å². The number of allylic oxidation sites excluding steroid dienone is 2. The molecule has 4 N–H and O–H groups in total. The number of nitrogens with two attached hydrogens (primary N) is 1. The lowest BCUT2D eigenvalue weighted by Crippen LogP contribution is -2.44. The lowest BCUT2D eigenvalue weighted by molar-refractivity contribution is -0.123. The van der Waals surface area contributed by atoms with Gasteiger partial charge in [-0.05, 0) is 62.5 Å². The van der Waals surface area contributed by atoms with Gasteiger partial charge < -0.3 is 30.9 Å². The molecule has 0 saturated heterocycles. The Morgan fingerprint density at radius 1 is 1.15 bits per heavy atom. The van der Waals surface area contributed by atoms with Crippen molar-refractivity contribution < 1.29 is 9.53 Å². The summed E-state index contributed by atoms with van der Waals surface area (Å²) in [6.45, 7) is 8.88. The molecule has 7 heteroatoms. The van der Waals surface area contributed by atoms with Crippen LogP contribution in [-0.4, -0.2) is 62.5 Å². The van der Waals surface area contributed by atoms with Crippen LogP contribution in [0.3, 0.4) is 0 Å². The standard InChI is InChI=1S/C26H43N5O2/c1-7-8-23(17-28-25(32)24(27)19(2)3)29-22-13-9-20(10-14-22)18-33-26(21-11-12-21)31(6)16-15-30(4)5/h8-10,13-14,19,24,29H,7,11-12,15-18,27H2,1-6H3,(H,28,32)/b23-8+. The van der Waals surface area contributed by atoms with Gasteiger partial charge in [0.2, 0.25) is 5.91 Å². The highest BCUT2D eigenvalue weighted by Crippen LogP contribution is 2.33. The molecule has 1 atom stereocenters. The first kappa shape index (κ1) is 26.7. The van der Waals surface area contributed by atoms with Gasteiger partial charge in [-0.1, -0.05) is 39.0 Å². The maximum atomic E-state index is 12.2. The highest BCUT2D eigenvalue weighted by atomic mass is 16.5. The Labute approximate surface area is 200 Å². The summed E-state index contributed by atoms with van der Waals surface area (Å²) in [7, 11) is 6.28. The van der Waals surface area contributed by atoms with Crippen molar-refractivity contribution in [2.75, 3.05) is 46.1 Å². The van der Waals surface area contributed by atoms with E-state index in [1.54, 1.807) is 0 Å². The van der Waals surface area contributed by atoms with Crippen molar-refractivity contribution in [1.82, 2.24) is 15.1 Å². The van der Waals surface area contributed by atoms with E-state index in [2.05, 4.69) is 66.7 Å². The van der Waals surface area contributed by atoms with Crippen LogP contribution in [0.1, 0.15) is 45.6 Å². The van der Waals surface area contributed by atoms with Gasteiger partial charge in [0.1, 0.15) is 6.61 Å². The lowest BCUT2D eigenvalue weighted by Gasteiger charge is -2.24. The fourth-order valence-electron chi connectivity index (χ4n) is 3.25. The predicted molar refractivity (Wildman–Crippen MR) is 136 cm³/mol. The summed E-state index contributed by atoms with van der Waals surface area (Å²) in [5, 5.41) is 6.34. The number of nitrogens with zero attached hydrogens (tertiary/aromatic N) is 2. The molecule has 0 spiro atoms. The Balaban J connectivity index is 1.89. The number of hydrogen-bond acceptors (Lipinski definition) is 6. The van der Waals surface area contributed by atoms with Crippen LogP contribution in [0.25, 0.3) is 0 Å². The van der Waals surface area contributed by atoms with Gasteiger partial charge in [0, 0.05) is 31.5 Å². The fraction of sp³-hybridized carbons (Fsp3) is 0.577. The van der Waals surface area contributed by atoms with Gasteiger partial charge >= 0.3 is 0 Å². The number of carbonyl (C=O) groups is 1. The van der Waals surface area contributed by atoms with E-state index in [4.69, 9.17) is 10.5 Å². The molecule has 1 aromatic rings. The molecule has 33 heavy (non-hydrogen) atoms. The molecule has 1 amide bonds. The summed E-state index contributed by atoms with van der Waals surface area (Å²) < 4.78 is 6.21. The van der Waals surface area contributed by atoms with Crippen LogP contribution in [0.4, 0.5) is 5.69 Å². The number of benzene rings is 1. The third kappa shape index (κ3) is 9.48. The van der Waals surface area contributed by atoms with Crippen LogP contribution in [0.15, 0.2) is 47.5 Å². The molecule has 1 unspecified atom stereocenters. The van der Waals surface area contributed by atoms with Crippen molar-refractivity contribution in [3.63, 3.8) is 0 Å². The SMILES string of the molecule is CC/C=C(\CNC(=O)C(N)C(C)C)Nc1ccc(COC(=C2CC2)N(C)CCN(C)C)cc1. The highest BCUT2D eigenvalue weighted by Gasteiger charge is 2.22. The van der Waals surface area contributed by atoms with E-state index >= 15 is 0 Å². The van der Waals surface area contributed by atoms with E-state index in [0.717, 1.165) is 55.2 Å².